The molecule has 18 heavy (non-hydrogen) atoms. The fourth-order valence-corrected chi connectivity index (χ4v) is 1.47. The van der Waals surface area contributed by atoms with E-state index in [9.17, 15) is 4.79 Å². The van der Waals surface area contributed by atoms with Crippen molar-refractivity contribution in [3.05, 3.63) is 35.7 Å². The second-order valence-electron chi connectivity index (χ2n) is 3.58. The number of aryl methyl sites for hydroxylation is 1. The maximum absolute atomic E-state index is 11.9. The van der Waals surface area contributed by atoms with Gasteiger partial charge in [0.05, 0.1) is 12.3 Å². The van der Waals surface area contributed by atoms with Gasteiger partial charge in [0.15, 0.2) is 5.69 Å². The zero-order valence-electron chi connectivity index (χ0n) is 10.1. The Morgan fingerprint density at radius 3 is 2.83 bits per heavy atom. The van der Waals surface area contributed by atoms with Gasteiger partial charge in [0.25, 0.3) is 5.91 Å². The van der Waals surface area contributed by atoms with Gasteiger partial charge in [0.2, 0.25) is 0 Å². The van der Waals surface area contributed by atoms with E-state index in [1.807, 2.05) is 19.1 Å². The summed E-state index contributed by atoms with van der Waals surface area (Å²) in [4.78, 5) is 11.9. The molecule has 0 aliphatic carbocycles. The van der Waals surface area contributed by atoms with Crippen molar-refractivity contribution in [2.45, 2.75) is 13.8 Å². The Morgan fingerprint density at radius 1 is 1.39 bits per heavy atom. The number of rotatable bonds is 4. The predicted molar refractivity (Wildman–Crippen MR) is 64.6 cm³/mol. The van der Waals surface area contributed by atoms with E-state index >= 15 is 0 Å². The van der Waals surface area contributed by atoms with E-state index in [-0.39, 0.29) is 11.6 Å². The lowest BCUT2D eigenvalue weighted by Gasteiger charge is -2.10. The molecule has 1 heterocycles. The molecule has 2 rings (SSSR count). The molecule has 0 aliphatic heterocycles. The number of carbonyl (C=O) groups is 1. The first-order chi connectivity index (χ1) is 8.72. The molecule has 1 aromatic carbocycles. The third-order valence-corrected chi connectivity index (χ3v) is 2.30. The average molecular weight is 247 g/mol. The zero-order valence-corrected chi connectivity index (χ0v) is 10.1. The van der Waals surface area contributed by atoms with Gasteiger partial charge in [-0.1, -0.05) is 17.3 Å². The minimum atomic E-state index is -0.374. The van der Waals surface area contributed by atoms with Gasteiger partial charge in [-0.15, -0.1) is 0 Å². The van der Waals surface area contributed by atoms with E-state index in [0.29, 0.717) is 23.7 Å². The van der Waals surface area contributed by atoms with E-state index in [1.54, 1.807) is 19.1 Å². The second-order valence-corrected chi connectivity index (χ2v) is 3.58. The average Bonchev–Trinajstić information content (AvgIpc) is 2.78. The molecule has 0 bridgehead atoms. The predicted octanol–water partition coefficient (Wildman–Crippen LogP) is 2.03. The summed E-state index contributed by atoms with van der Waals surface area (Å²) in [5.41, 5.74) is 1.20. The first-order valence-corrected chi connectivity index (χ1v) is 5.54. The Kier molecular flexibility index (Phi) is 3.57. The molecule has 1 N–H and O–H groups in total. The van der Waals surface area contributed by atoms with Crippen LogP contribution >= 0.6 is 0 Å². The van der Waals surface area contributed by atoms with Crippen LogP contribution < -0.4 is 10.1 Å². The SMILES string of the molecule is CCOc1ccccc1NC(=O)c1nonc1C. The van der Waals surface area contributed by atoms with Gasteiger partial charge in [-0.05, 0) is 31.1 Å². The van der Waals surface area contributed by atoms with Crippen molar-refractivity contribution in [3.63, 3.8) is 0 Å². The fraction of sp³-hybridized carbons (Fsp3) is 0.250. The molecule has 1 amide bonds. The Hall–Kier alpha value is -2.37. The highest BCUT2D eigenvalue weighted by molar-refractivity contribution is 6.04. The summed E-state index contributed by atoms with van der Waals surface area (Å²) in [6, 6.07) is 7.19. The summed E-state index contributed by atoms with van der Waals surface area (Å²) in [7, 11) is 0. The van der Waals surface area contributed by atoms with Crippen molar-refractivity contribution >= 4 is 11.6 Å². The molecule has 6 nitrogen and oxygen atoms in total. The zero-order chi connectivity index (χ0) is 13.0. The smallest absolute Gasteiger partial charge is 0.279 e. The van der Waals surface area contributed by atoms with Crippen molar-refractivity contribution < 1.29 is 14.2 Å². The second kappa shape index (κ2) is 5.31. The molecule has 0 unspecified atom stereocenters. The summed E-state index contributed by atoms with van der Waals surface area (Å²) in [6.07, 6.45) is 0. The van der Waals surface area contributed by atoms with Crippen LogP contribution in [-0.4, -0.2) is 22.8 Å². The van der Waals surface area contributed by atoms with E-state index in [0.717, 1.165) is 0 Å². The molecule has 0 aliphatic rings. The highest BCUT2D eigenvalue weighted by Gasteiger charge is 2.16. The van der Waals surface area contributed by atoms with Crippen LogP contribution in [0.5, 0.6) is 5.75 Å². The van der Waals surface area contributed by atoms with E-state index in [2.05, 4.69) is 20.3 Å². The number of nitrogens with one attached hydrogen (secondary N) is 1. The Morgan fingerprint density at radius 2 is 2.17 bits per heavy atom. The lowest BCUT2D eigenvalue weighted by atomic mass is 10.2. The van der Waals surface area contributed by atoms with Crippen molar-refractivity contribution in [1.82, 2.24) is 10.3 Å². The molecule has 2 aromatic rings. The van der Waals surface area contributed by atoms with E-state index in [4.69, 9.17) is 4.74 Å². The van der Waals surface area contributed by atoms with Crippen molar-refractivity contribution in [3.8, 4) is 5.75 Å². The number of ether oxygens (including phenoxy) is 1. The maximum atomic E-state index is 11.9. The van der Waals surface area contributed by atoms with Gasteiger partial charge in [0, 0.05) is 0 Å². The van der Waals surface area contributed by atoms with Gasteiger partial charge in [-0.25, -0.2) is 4.63 Å². The standard InChI is InChI=1S/C12H13N3O3/c1-3-17-10-7-5-4-6-9(10)13-12(16)11-8(2)14-18-15-11/h4-7H,3H2,1-2H3,(H,13,16). The fourth-order valence-electron chi connectivity index (χ4n) is 1.47. The Labute approximate surface area is 104 Å². The number of nitrogens with zero attached hydrogens (tertiary/aromatic N) is 2. The van der Waals surface area contributed by atoms with Crippen LogP contribution in [0.2, 0.25) is 0 Å². The molecular weight excluding hydrogens is 234 g/mol. The summed E-state index contributed by atoms with van der Waals surface area (Å²) < 4.78 is 9.90. The molecule has 0 saturated heterocycles. The minimum absolute atomic E-state index is 0.168. The Balaban J connectivity index is 2.19. The third kappa shape index (κ3) is 2.48. The van der Waals surface area contributed by atoms with Crippen LogP contribution in [0.1, 0.15) is 23.1 Å². The van der Waals surface area contributed by atoms with Crippen LogP contribution in [0.15, 0.2) is 28.9 Å². The van der Waals surface area contributed by atoms with Crippen LogP contribution in [-0.2, 0) is 0 Å². The van der Waals surface area contributed by atoms with Crippen molar-refractivity contribution in [1.29, 1.82) is 0 Å². The van der Waals surface area contributed by atoms with Crippen molar-refractivity contribution in [2.24, 2.45) is 0 Å². The molecule has 0 spiro atoms. The molecular formula is C12H13N3O3. The number of aromatic nitrogens is 2. The number of carbonyl (C=O) groups excluding carboxylic acids is 1. The van der Waals surface area contributed by atoms with Crippen molar-refractivity contribution in [2.75, 3.05) is 11.9 Å². The molecule has 0 saturated carbocycles. The van der Waals surface area contributed by atoms with Crippen LogP contribution in [0.3, 0.4) is 0 Å². The highest BCUT2D eigenvalue weighted by atomic mass is 16.6. The molecule has 1 aromatic heterocycles. The van der Waals surface area contributed by atoms with Gasteiger partial charge < -0.3 is 10.1 Å². The van der Waals surface area contributed by atoms with E-state index in [1.165, 1.54) is 0 Å². The van der Waals surface area contributed by atoms with E-state index < -0.39 is 0 Å². The number of amides is 1. The number of hydrogen-bond donors (Lipinski definition) is 1. The monoisotopic (exact) mass is 247 g/mol. The molecule has 0 radical (unpaired) electrons. The topological polar surface area (TPSA) is 77.2 Å². The van der Waals surface area contributed by atoms with Gasteiger partial charge in [-0.2, -0.15) is 0 Å². The molecule has 94 valence electrons. The lowest BCUT2D eigenvalue weighted by Crippen LogP contribution is -2.14. The lowest BCUT2D eigenvalue weighted by molar-refractivity contribution is 0.101. The first kappa shape index (κ1) is 12.1. The molecule has 6 heteroatoms. The quantitative estimate of drug-likeness (QED) is 0.894. The Bertz CT molecular complexity index is 551. The highest BCUT2D eigenvalue weighted by Crippen LogP contribution is 2.24. The largest absolute Gasteiger partial charge is 0.492 e. The van der Waals surface area contributed by atoms with Crippen LogP contribution in [0, 0.1) is 6.92 Å². The number of para-hydroxylation sites is 2. The number of hydrogen-bond acceptors (Lipinski definition) is 5. The maximum Gasteiger partial charge on any atom is 0.279 e. The minimum Gasteiger partial charge on any atom is -0.492 e. The summed E-state index contributed by atoms with van der Waals surface area (Å²) >= 11 is 0. The van der Waals surface area contributed by atoms with Crippen LogP contribution in [0.25, 0.3) is 0 Å². The molecule has 0 fully saturated rings. The van der Waals surface area contributed by atoms with Gasteiger partial charge in [-0.3, -0.25) is 4.79 Å². The third-order valence-electron chi connectivity index (χ3n) is 2.30. The summed E-state index contributed by atoms with van der Waals surface area (Å²) in [5.74, 6) is 0.239. The van der Waals surface area contributed by atoms with Gasteiger partial charge >= 0.3 is 0 Å². The first-order valence-electron chi connectivity index (χ1n) is 5.54. The molecule has 0 atom stereocenters. The normalized spacial score (nSPS) is 10.1. The number of benzene rings is 1. The number of anilines is 1. The summed E-state index contributed by atoms with van der Waals surface area (Å²) in [5, 5.41) is 9.82. The van der Waals surface area contributed by atoms with Gasteiger partial charge in [0.1, 0.15) is 11.4 Å². The summed E-state index contributed by atoms with van der Waals surface area (Å²) in [6.45, 7) is 4.06. The van der Waals surface area contributed by atoms with Crippen LogP contribution in [0.4, 0.5) is 5.69 Å².